The Morgan fingerprint density at radius 1 is 0.632 bits per heavy atom. The molecule has 2 aliphatic carbocycles. The number of ether oxygens (including phenoxy) is 6. The van der Waals surface area contributed by atoms with Gasteiger partial charge < -0.3 is 50.5 Å². The maximum atomic E-state index is 12.2. The van der Waals surface area contributed by atoms with E-state index in [9.17, 15) is 4.79 Å². The van der Waals surface area contributed by atoms with Gasteiger partial charge in [0.2, 0.25) is 11.8 Å². The molecule has 2 saturated carbocycles. The molecule has 6 aromatic heterocycles. The van der Waals surface area contributed by atoms with Crippen LogP contribution >= 0.6 is 0 Å². The maximum Gasteiger partial charge on any atom is 0.340 e. The SMILES string of the molecule is C=C1O[C@@H](C)[C@H](C)c2nc(Nc3cc4c([C@@](C)(N)COC)cnc(OC5CC5)c4cn3)ccc21.COC[C@@](C)(N)c1cnc(OC2CC2)c2cnc(Nc3ccc4c(n3)[C@@H](C)[C@H](C)OC4=O)cc12. The summed E-state index contributed by atoms with van der Waals surface area (Å²) in [5.41, 5.74) is 16.6. The summed E-state index contributed by atoms with van der Waals surface area (Å²) in [6, 6.07) is 11.3. The molecule has 0 unspecified atom stereocenters. The topological polar surface area (TPSA) is 226 Å². The van der Waals surface area contributed by atoms with E-state index in [-0.39, 0.29) is 42.2 Å². The summed E-state index contributed by atoms with van der Waals surface area (Å²) >= 11 is 0. The van der Waals surface area contributed by atoms with Crippen LogP contribution < -0.4 is 31.6 Å². The average Bonchev–Trinajstić information content (AvgIpc) is 4.26. The predicted octanol–water partition coefficient (Wildman–Crippen LogP) is 8.42. The predicted molar refractivity (Wildman–Crippen MR) is 260 cm³/mol. The van der Waals surface area contributed by atoms with Gasteiger partial charge in [-0.05, 0) is 101 Å². The van der Waals surface area contributed by atoms with Crippen LogP contribution in [0.2, 0.25) is 0 Å². The molecule has 8 heterocycles. The Bertz CT molecular complexity index is 2710. The fourth-order valence-electron chi connectivity index (χ4n) is 8.52. The lowest BCUT2D eigenvalue weighted by Crippen LogP contribution is -2.38. The van der Waals surface area contributed by atoms with Gasteiger partial charge in [-0.1, -0.05) is 20.4 Å². The van der Waals surface area contributed by atoms with Gasteiger partial charge in [-0.2, -0.15) is 0 Å². The van der Waals surface area contributed by atoms with Crippen molar-refractivity contribution in [2.75, 3.05) is 38.1 Å². The van der Waals surface area contributed by atoms with Crippen LogP contribution in [0, 0.1) is 0 Å². The van der Waals surface area contributed by atoms with E-state index in [1.807, 2.05) is 58.9 Å². The Labute approximate surface area is 395 Å². The molecule has 0 amide bonds. The molecular formula is C51H60N10O7. The third-order valence-electron chi connectivity index (χ3n) is 13.0. The number of hydrogen-bond donors (Lipinski definition) is 4. The quantitative estimate of drug-likeness (QED) is 0.0752. The third-order valence-corrected chi connectivity index (χ3v) is 13.0. The maximum absolute atomic E-state index is 12.2. The number of nitrogens with two attached hydrogens (primary N) is 2. The van der Waals surface area contributed by atoms with Crippen molar-refractivity contribution < 1.29 is 33.2 Å². The number of carbonyl (C=O) groups is 1. The number of cyclic esters (lactones) is 1. The first-order chi connectivity index (χ1) is 32.5. The van der Waals surface area contributed by atoms with Crippen molar-refractivity contribution in [3.63, 3.8) is 0 Å². The summed E-state index contributed by atoms with van der Waals surface area (Å²) in [6.07, 6.45) is 11.5. The van der Waals surface area contributed by atoms with Crippen molar-refractivity contribution in [1.29, 1.82) is 0 Å². The molecule has 6 atom stereocenters. The lowest BCUT2D eigenvalue weighted by Gasteiger charge is -2.30. The van der Waals surface area contributed by atoms with Gasteiger partial charge in [0.25, 0.3) is 0 Å². The van der Waals surface area contributed by atoms with Gasteiger partial charge in [-0.15, -0.1) is 0 Å². The summed E-state index contributed by atoms with van der Waals surface area (Å²) in [5.74, 6) is 4.15. The Morgan fingerprint density at radius 2 is 1.07 bits per heavy atom. The van der Waals surface area contributed by atoms with Crippen LogP contribution in [0.5, 0.6) is 11.8 Å². The van der Waals surface area contributed by atoms with Gasteiger partial charge in [-0.25, -0.2) is 34.7 Å². The Kier molecular flexibility index (Phi) is 12.7. The van der Waals surface area contributed by atoms with Crippen molar-refractivity contribution in [2.24, 2.45) is 11.5 Å². The molecule has 10 rings (SSSR count). The Balaban J connectivity index is 0.000000170. The zero-order valence-corrected chi connectivity index (χ0v) is 39.9. The molecule has 6 N–H and O–H groups in total. The minimum Gasteiger partial charge on any atom is -0.490 e. The highest BCUT2D eigenvalue weighted by molar-refractivity contribution is 5.94. The first kappa shape index (κ1) is 46.6. The second kappa shape index (κ2) is 18.5. The molecule has 0 radical (unpaired) electrons. The molecule has 2 fully saturated rings. The average molecular weight is 925 g/mol. The van der Waals surface area contributed by atoms with E-state index in [1.54, 1.807) is 51.1 Å². The van der Waals surface area contributed by atoms with Gasteiger partial charge in [0.15, 0.2) is 0 Å². The second-order valence-electron chi connectivity index (χ2n) is 19.0. The molecule has 0 saturated heterocycles. The number of carbonyl (C=O) groups excluding carboxylic acids is 1. The number of nitrogens with zero attached hydrogens (tertiary/aromatic N) is 6. The van der Waals surface area contributed by atoms with Gasteiger partial charge in [-0.3, -0.25) is 0 Å². The molecule has 0 aromatic carbocycles. The minimum atomic E-state index is -0.757. The molecule has 0 bridgehead atoms. The van der Waals surface area contributed by atoms with E-state index in [2.05, 4.69) is 44.1 Å². The van der Waals surface area contributed by atoms with Crippen LogP contribution in [0.4, 0.5) is 23.3 Å². The highest BCUT2D eigenvalue weighted by atomic mass is 16.5. The van der Waals surface area contributed by atoms with Crippen LogP contribution in [-0.4, -0.2) is 87.7 Å². The first-order valence-electron chi connectivity index (χ1n) is 23.1. The van der Waals surface area contributed by atoms with Crippen molar-refractivity contribution in [1.82, 2.24) is 29.9 Å². The van der Waals surface area contributed by atoms with E-state index < -0.39 is 11.1 Å². The number of esters is 1. The fourth-order valence-corrected chi connectivity index (χ4v) is 8.52. The number of pyridine rings is 6. The normalized spacial score (nSPS) is 21.5. The second-order valence-corrected chi connectivity index (χ2v) is 19.0. The zero-order chi connectivity index (χ0) is 48.1. The molecule has 17 nitrogen and oxygen atoms in total. The Morgan fingerprint density at radius 3 is 1.53 bits per heavy atom. The van der Waals surface area contributed by atoms with Crippen molar-refractivity contribution in [3.05, 3.63) is 101 Å². The summed E-state index contributed by atoms with van der Waals surface area (Å²) < 4.78 is 34.0. The molecule has 17 heteroatoms. The Hall–Kier alpha value is -6.53. The summed E-state index contributed by atoms with van der Waals surface area (Å²) in [6.45, 7) is 16.6. The minimum absolute atomic E-state index is 0.00851. The zero-order valence-electron chi connectivity index (χ0n) is 39.9. The van der Waals surface area contributed by atoms with Crippen molar-refractivity contribution >= 4 is 56.5 Å². The molecule has 2 aliphatic heterocycles. The smallest absolute Gasteiger partial charge is 0.340 e. The van der Waals surface area contributed by atoms with Crippen LogP contribution in [-0.2, 0) is 30.0 Å². The standard InChI is InChI=1S/C26H31N5O3.C25H29N5O4/c1-14-15(2)33-16(3)18-8-9-22(31-24(14)18)30-23-10-19-20(11-28-23)25(34-17-6-7-17)29-12-21(19)26(4,27)13-32-5;1-13-14(2)33-24(31)16-7-8-20(30-22(13)16)29-21-9-17-18(10-27-21)23(34-15-5-6-15)28-11-19(17)25(3,26)12-32-4/h8-12,14-15,17H,3,6-7,13,27H2,1-2,4-5H3,(H,28,30,31);7-11,13-15H,5-6,12,26H2,1-4H3,(H,27,29,30)/t14-,15-,26-;13-,14-,25+/m00/s1. The van der Waals surface area contributed by atoms with Crippen molar-refractivity contribution in [3.8, 4) is 11.8 Å². The van der Waals surface area contributed by atoms with E-state index in [0.29, 0.717) is 65.3 Å². The lowest BCUT2D eigenvalue weighted by molar-refractivity contribution is 0.0235. The van der Waals surface area contributed by atoms with Gasteiger partial charge in [0, 0.05) is 67.5 Å². The van der Waals surface area contributed by atoms with E-state index in [0.717, 1.165) is 69.6 Å². The highest BCUT2D eigenvalue weighted by Gasteiger charge is 2.34. The highest BCUT2D eigenvalue weighted by Crippen LogP contribution is 2.40. The summed E-state index contributed by atoms with van der Waals surface area (Å²) in [4.78, 5) is 40.1. The van der Waals surface area contributed by atoms with Crippen LogP contribution in [0.3, 0.4) is 0 Å². The first-order valence-corrected chi connectivity index (χ1v) is 23.1. The van der Waals surface area contributed by atoms with Crippen LogP contribution in [0.15, 0.2) is 67.8 Å². The van der Waals surface area contributed by atoms with Gasteiger partial charge in [0.05, 0.1) is 52.0 Å². The molecular weight excluding hydrogens is 865 g/mol. The molecule has 4 aliphatic rings. The monoisotopic (exact) mass is 924 g/mol. The summed E-state index contributed by atoms with van der Waals surface area (Å²) in [5, 5.41) is 10.1. The van der Waals surface area contributed by atoms with E-state index >= 15 is 0 Å². The molecule has 356 valence electrons. The molecule has 0 spiro atoms. The van der Waals surface area contributed by atoms with Crippen LogP contribution in [0.1, 0.15) is 117 Å². The van der Waals surface area contributed by atoms with Crippen LogP contribution in [0.25, 0.3) is 27.3 Å². The fraction of sp³-hybridized carbons (Fsp3) is 0.431. The van der Waals surface area contributed by atoms with Crippen molar-refractivity contribution in [2.45, 2.75) is 115 Å². The summed E-state index contributed by atoms with van der Waals surface area (Å²) in [7, 11) is 3.27. The van der Waals surface area contributed by atoms with E-state index in [1.165, 1.54) is 0 Å². The molecule has 6 aromatic rings. The number of aromatic nitrogens is 6. The molecule has 68 heavy (non-hydrogen) atoms. The number of fused-ring (bicyclic) bond motifs is 4. The van der Waals surface area contributed by atoms with Gasteiger partial charge >= 0.3 is 5.97 Å². The van der Waals surface area contributed by atoms with E-state index in [4.69, 9.17) is 49.9 Å². The number of nitrogens with one attached hydrogen (secondary N) is 2. The third kappa shape index (κ3) is 9.61. The lowest BCUT2D eigenvalue weighted by atomic mass is 9.91. The number of hydrogen-bond acceptors (Lipinski definition) is 17. The number of rotatable bonds is 14. The van der Waals surface area contributed by atoms with Gasteiger partial charge in [0.1, 0.15) is 53.4 Å². The number of methoxy groups -OCH3 is 2. The largest absolute Gasteiger partial charge is 0.490 e. The number of anilines is 4.